The van der Waals surface area contributed by atoms with Crippen LogP contribution in [0.15, 0.2) is 42.7 Å². The Morgan fingerprint density at radius 2 is 2.21 bits per heavy atom. The Kier molecular flexibility index (Phi) is 3.07. The molecule has 3 rings (SSSR count). The lowest BCUT2D eigenvalue weighted by molar-refractivity contribution is -0.123. The first-order valence-electron chi connectivity index (χ1n) is 6.60. The number of rotatable bonds is 4. The van der Waals surface area contributed by atoms with Crippen LogP contribution in [0, 0.1) is 5.92 Å². The zero-order valence-corrected chi connectivity index (χ0v) is 10.8. The van der Waals surface area contributed by atoms with Crippen molar-refractivity contribution < 1.29 is 4.79 Å². The Balaban J connectivity index is 1.58. The summed E-state index contributed by atoms with van der Waals surface area (Å²) >= 11 is 0. The fourth-order valence-electron chi connectivity index (χ4n) is 2.46. The van der Waals surface area contributed by atoms with Gasteiger partial charge in [-0.15, -0.1) is 0 Å². The predicted molar refractivity (Wildman–Crippen MR) is 72.4 cm³/mol. The minimum absolute atomic E-state index is 0.0699. The molecule has 0 radical (unpaired) electrons. The first-order valence-corrected chi connectivity index (χ1v) is 6.60. The molecule has 2 aromatic rings. The molecule has 1 saturated carbocycles. The molecule has 1 aromatic heterocycles. The van der Waals surface area contributed by atoms with E-state index in [1.165, 1.54) is 5.56 Å². The van der Waals surface area contributed by atoms with Gasteiger partial charge in [-0.05, 0) is 24.8 Å². The van der Waals surface area contributed by atoms with E-state index >= 15 is 0 Å². The van der Waals surface area contributed by atoms with Gasteiger partial charge in [0.05, 0.1) is 6.04 Å². The van der Waals surface area contributed by atoms with Crippen LogP contribution in [-0.4, -0.2) is 15.9 Å². The summed E-state index contributed by atoms with van der Waals surface area (Å²) in [5, 5.41) is 3.01. The van der Waals surface area contributed by atoms with Crippen molar-refractivity contribution in [2.75, 3.05) is 0 Å². The predicted octanol–water partition coefficient (Wildman–Crippen LogP) is 2.39. The molecule has 4 nitrogen and oxygen atoms in total. The summed E-state index contributed by atoms with van der Waals surface area (Å²) < 4.78 is 0. The zero-order chi connectivity index (χ0) is 13.2. The number of aromatic amines is 1. The van der Waals surface area contributed by atoms with Gasteiger partial charge in [0.15, 0.2) is 0 Å². The van der Waals surface area contributed by atoms with Crippen molar-refractivity contribution in [3.63, 3.8) is 0 Å². The number of benzene rings is 1. The highest BCUT2D eigenvalue weighted by Gasteiger charge is 2.44. The minimum atomic E-state index is -0.0699. The van der Waals surface area contributed by atoms with Crippen LogP contribution >= 0.6 is 0 Å². The van der Waals surface area contributed by atoms with E-state index in [-0.39, 0.29) is 17.9 Å². The second-order valence-corrected chi connectivity index (χ2v) is 5.06. The number of imidazole rings is 1. The third-order valence-corrected chi connectivity index (χ3v) is 3.64. The lowest BCUT2D eigenvalue weighted by Gasteiger charge is -2.11. The summed E-state index contributed by atoms with van der Waals surface area (Å²) in [6.45, 7) is 1.94. The van der Waals surface area contributed by atoms with Gasteiger partial charge in [-0.25, -0.2) is 4.98 Å². The van der Waals surface area contributed by atoms with Gasteiger partial charge in [-0.3, -0.25) is 4.79 Å². The monoisotopic (exact) mass is 255 g/mol. The fourth-order valence-corrected chi connectivity index (χ4v) is 2.46. The lowest BCUT2D eigenvalue weighted by atomic mass is 10.1. The molecule has 1 aliphatic rings. The highest BCUT2D eigenvalue weighted by molar-refractivity contribution is 5.83. The molecule has 2 N–H and O–H groups in total. The third kappa shape index (κ3) is 2.52. The molecule has 1 aliphatic carbocycles. The maximum atomic E-state index is 12.1. The summed E-state index contributed by atoms with van der Waals surface area (Å²) in [6, 6.07) is 10.2. The van der Waals surface area contributed by atoms with Crippen molar-refractivity contribution in [3.05, 3.63) is 54.1 Å². The zero-order valence-electron chi connectivity index (χ0n) is 10.8. The Bertz CT molecular complexity index is 550. The van der Waals surface area contributed by atoms with E-state index in [1.54, 1.807) is 12.4 Å². The molecular formula is C15H17N3O. The molecule has 19 heavy (non-hydrogen) atoms. The molecule has 1 amide bonds. The number of carbonyl (C=O) groups is 1. The van der Waals surface area contributed by atoms with E-state index in [0.29, 0.717) is 5.92 Å². The molecule has 0 bridgehead atoms. The first-order chi connectivity index (χ1) is 9.25. The number of hydrogen-bond donors (Lipinski definition) is 2. The summed E-state index contributed by atoms with van der Waals surface area (Å²) in [7, 11) is 0. The van der Waals surface area contributed by atoms with Gasteiger partial charge in [0, 0.05) is 18.3 Å². The summed E-state index contributed by atoms with van der Waals surface area (Å²) in [4.78, 5) is 19.3. The Morgan fingerprint density at radius 1 is 1.42 bits per heavy atom. The summed E-state index contributed by atoms with van der Waals surface area (Å²) in [5.41, 5.74) is 1.26. The van der Waals surface area contributed by atoms with Crippen molar-refractivity contribution in [1.29, 1.82) is 0 Å². The molecule has 1 heterocycles. The number of nitrogens with zero attached hydrogens (tertiary/aromatic N) is 1. The SMILES string of the molecule is CC(NC(=O)C1CC1c1ccccc1)c1ncc[nH]1. The Labute approximate surface area is 112 Å². The van der Waals surface area contributed by atoms with Crippen LogP contribution in [0.2, 0.25) is 0 Å². The maximum Gasteiger partial charge on any atom is 0.224 e. The summed E-state index contributed by atoms with van der Waals surface area (Å²) in [5.74, 6) is 1.41. The number of carbonyl (C=O) groups excluding carboxylic acids is 1. The van der Waals surface area contributed by atoms with Crippen LogP contribution in [0.3, 0.4) is 0 Å². The third-order valence-electron chi connectivity index (χ3n) is 3.64. The number of H-pyrrole nitrogens is 1. The normalized spacial score (nSPS) is 22.8. The molecule has 1 aromatic carbocycles. The Hall–Kier alpha value is -2.10. The quantitative estimate of drug-likeness (QED) is 0.881. The second kappa shape index (κ2) is 4.88. The van der Waals surface area contributed by atoms with E-state index in [1.807, 2.05) is 25.1 Å². The van der Waals surface area contributed by atoms with Crippen molar-refractivity contribution in [2.24, 2.45) is 5.92 Å². The molecule has 1 fully saturated rings. The van der Waals surface area contributed by atoms with E-state index in [2.05, 4.69) is 27.4 Å². The molecule has 3 atom stereocenters. The smallest absolute Gasteiger partial charge is 0.224 e. The topological polar surface area (TPSA) is 57.8 Å². The molecule has 0 saturated heterocycles. The number of aromatic nitrogens is 2. The molecule has 0 aliphatic heterocycles. The van der Waals surface area contributed by atoms with Crippen LogP contribution in [0.4, 0.5) is 0 Å². The molecule has 4 heteroatoms. The van der Waals surface area contributed by atoms with Gasteiger partial charge in [0.25, 0.3) is 0 Å². The van der Waals surface area contributed by atoms with Gasteiger partial charge >= 0.3 is 0 Å². The van der Waals surface area contributed by atoms with Crippen LogP contribution in [0.1, 0.15) is 36.7 Å². The van der Waals surface area contributed by atoms with Crippen molar-refractivity contribution in [2.45, 2.75) is 25.3 Å². The minimum Gasteiger partial charge on any atom is -0.347 e. The van der Waals surface area contributed by atoms with Crippen LogP contribution in [0.5, 0.6) is 0 Å². The van der Waals surface area contributed by atoms with Crippen molar-refractivity contribution in [3.8, 4) is 0 Å². The van der Waals surface area contributed by atoms with Crippen LogP contribution in [-0.2, 0) is 4.79 Å². The van der Waals surface area contributed by atoms with E-state index in [4.69, 9.17) is 0 Å². The molecule has 3 unspecified atom stereocenters. The van der Waals surface area contributed by atoms with Gasteiger partial charge in [-0.1, -0.05) is 30.3 Å². The molecular weight excluding hydrogens is 238 g/mol. The Morgan fingerprint density at radius 3 is 2.89 bits per heavy atom. The number of hydrogen-bond acceptors (Lipinski definition) is 2. The van der Waals surface area contributed by atoms with Gasteiger partial charge < -0.3 is 10.3 Å². The van der Waals surface area contributed by atoms with Crippen LogP contribution in [0.25, 0.3) is 0 Å². The average Bonchev–Trinajstić information content (AvgIpc) is 3.05. The fraction of sp³-hybridized carbons (Fsp3) is 0.333. The van der Waals surface area contributed by atoms with Crippen LogP contribution < -0.4 is 5.32 Å². The average molecular weight is 255 g/mol. The van der Waals surface area contributed by atoms with Gasteiger partial charge in [0.2, 0.25) is 5.91 Å². The second-order valence-electron chi connectivity index (χ2n) is 5.06. The maximum absolute atomic E-state index is 12.1. The van der Waals surface area contributed by atoms with E-state index in [9.17, 15) is 4.79 Å². The highest BCUT2D eigenvalue weighted by Crippen LogP contribution is 2.47. The van der Waals surface area contributed by atoms with Gasteiger partial charge in [0.1, 0.15) is 5.82 Å². The molecule has 0 spiro atoms. The van der Waals surface area contributed by atoms with E-state index in [0.717, 1.165) is 12.2 Å². The van der Waals surface area contributed by atoms with Crippen molar-refractivity contribution >= 4 is 5.91 Å². The lowest BCUT2D eigenvalue weighted by Crippen LogP contribution is -2.29. The van der Waals surface area contributed by atoms with Crippen molar-refractivity contribution in [1.82, 2.24) is 15.3 Å². The van der Waals surface area contributed by atoms with E-state index < -0.39 is 0 Å². The first kappa shape index (κ1) is 12.0. The highest BCUT2D eigenvalue weighted by atomic mass is 16.2. The van der Waals surface area contributed by atoms with Gasteiger partial charge in [-0.2, -0.15) is 0 Å². The largest absolute Gasteiger partial charge is 0.347 e. The number of nitrogens with one attached hydrogen (secondary N) is 2. The number of amides is 1. The standard InChI is InChI=1S/C15H17N3O/c1-10(14-16-7-8-17-14)18-15(19)13-9-12(13)11-5-3-2-4-6-11/h2-8,10,12-13H,9H2,1H3,(H,16,17)(H,18,19). The summed E-state index contributed by atoms with van der Waals surface area (Å²) in [6.07, 6.45) is 4.41. The molecule has 98 valence electrons.